The van der Waals surface area contributed by atoms with Gasteiger partial charge in [-0.05, 0) is 32.2 Å². The zero-order chi connectivity index (χ0) is 12.3. The van der Waals surface area contributed by atoms with Crippen LogP contribution in [0.5, 0.6) is 0 Å². The lowest BCUT2D eigenvalue weighted by molar-refractivity contribution is -0.151. The summed E-state index contributed by atoms with van der Waals surface area (Å²) in [5, 5.41) is 10.1. The van der Waals surface area contributed by atoms with Gasteiger partial charge in [0.2, 0.25) is 0 Å². The zero-order valence-corrected chi connectivity index (χ0v) is 10.6. The third kappa shape index (κ3) is 2.80. The molecule has 0 bridgehead atoms. The molecular formula is C13H23NO3. The molecule has 0 spiro atoms. The third-order valence-electron chi connectivity index (χ3n) is 4.14. The number of hydrogen-bond acceptors (Lipinski definition) is 4. The lowest BCUT2D eigenvalue weighted by Crippen LogP contribution is -2.55. The number of nitrogens with zero attached hydrogens (tertiary/aromatic N) is 1. The first-order valence-corrected chi connectivity index (χ1v) is 6.75. The summed E-state index contributed by atoms with van der Waals surface area (Å²) in [7, 11) is 1.45. The van der Waals surface area contributed by atoms with Crippen molar-refractivity contribution in [2.24, 2.45) is 0 Å². The van der Waals surface area contributed by atoms with E-state index in [1.54, 1.807) is 0 Å². The van der Waals surface area contributed by atoms with Gasteiger partial charge < -0.3 is 9.84 Å². The summed E-state index contributed by atoms with van der Waals surface area (Å²) < 4.78 is 4.88. The van der Waals surface area contributed by atoms with Crippen LogP contribution in [0.2, 0.25) is 0 Å². The highest BCUT2D eigenvalue weighted by Crippen LogP contribution is 2.29. The van der Waals surface area contributed by atoms with E-state index >= 15 is 0 Å². The lowest BCUT2D eigenvalue weighted by Gasteiger charge is -2.43. The third-order valence-corrected chi connectivity index (χ3v) is 4.14. The number of aliphatic hydroxyl groups is 1. The molecule has 2 aliphatic rings. The summed E-state index contributed by atoms with van der Waals surface area (Å²) in [6.07, 6.45) is 6.95. The molecule has 2 unspecified atom stereocenters. The molecule has 0 aromatic rings. The standard InChI is InChI=1S/C13H23NO3/c1-17-13(16)11-7-4-5-9-14(11)10-6-2-3-8-12(10)15/h10-12,15H,2-9H2,1H3/t10?,11-,12?/m1/s1. The molecule has 0 amide bonds. The molecule has 1 heterocycles. The molecule has 4 nitrogen and oxygen atoms in total. The topological polar surface area (TPSA) is 49.8 Å². The molecule has 0 aromatic carbocycles. The Kier molecular flexibility index (Phi) is 4.40. The van der Waals surface area contributed by atoms with Crippen LogP contribution in [0.15, 0.2) is 0 Å². The molecule has 4 heteroatoms. The van der Waals surface area contributed by atoms with Crippen molar-refractivity contribution >= 4 is 5.97 Å². The van der Waals surface area contributed by atoms with Gasteiger partial charge in [0.05, 0.1) is 13.2 Å². The highest BCUT2D eigenvalue weighted by molar-refractivity contribution is 5.75. The number of ether oxygens (including phenoxy) is 1. The van der Waals surface area contributed by atoms with Crippen molar-refractivity contribution < 1.29 is 14.6 Å². The van der Waals surface area contributed by atoms with Crippen molar-refractivity contribution in [1.29, 1.82) is 0 Å². The van der Waals surface area contributed by atoms with E-state index in [1.165, 1.54) is 7.11 Å². The Bertz CT molecular complexity index is 269. The Hall–Kier alpha value is -0.610. The SMILES string of the molecule is COC(=O)[C@H]1CCCCN1C1CCCCC1O. The van der Waals surface area contributed by atoms with Crippen LogP contribution in [0.3, 0.4) is 0 Å². The first kappa shape index (κ1) is 12.8. The van der Waals surface area contributed by atoms with E-state index in [2.05, 4.69) is 4.90 Å². The van der Waals surface area contributed by atoms with Gasteiger partial charge in [-0.15, -0.1) is 0 Å². The van der Waals surface area contributed by atoms with Gasteiger partial charge in [-0.1, -0.05) is 19.3 Å². The maximum atomic E-state index is 11.8. The van der Waals surface area contributed by atoms with Crippen LogP contribution in [0.1, 0.15) is 44.9 Å². The first-order chi connectivity index (χ1) is 8.24. The van der Waals surface area contributed by atoms with Crippen molar-refractivity contribution in [3.63, 3.8) is 0 Å². The number of esters is 1. The Balaban J connectivity index is 2.06. The second kappa shape index (κ2) is 5.83. The number of carbonyl (C=O) groups is 1. The molecule has 1 N–H and O–H groups in total. The van der Waals surface area contributed by atoms with Crippen LogP contribution in [-0.4, -0.2) is 47.8 Å². The highest BCUT2D eigenvalue weighted by atomic mass is 16.5. The van der Waals surface area contributed by atoms with Crippen molar-refractivity contribution in [1.82, 2.24) is 4.90 Å². The van der Waals surface area contributed by atoms with E-state index in [-0.39, 0.29) is 24.2 Å². The van der Waals surface area contributed by atoms with Crippen molar-refractivity contribution in [2.45, 2.75) is 63.1 Å². The fourth-order valence-electron chi connectivity index (χ4n) is 3.22. The normalized spacial score (nSPS) is 35.5. The summed E-state index contributed by atoms with van der Waals surface area (Å²) in [6, 6.07) is 0.0275. The van der Waals surface area contributed by atoms with Gasteiger partial charge in [0, 0.05) is 6.04 Å². The molecule has 98 valence electrons. The molecule has 0 aromatic heterocycles. The predicted octanol–water partition coefficient (Wildman–Crippen LogP) is 1.32. The average Bonchev–Trinajstić information content (AvgIpc) is 2.38. The molecule has 2 rings (SSSR count). The van der Waals surface area contributed by atoms with Gasteiger partial charge in [0.15, 0.2) is 0 Å². The van der Waals surface area contributed by atoms with Gasteiger partial charge in [-0.3, -0.25) is 9.69 Å². The Morgan fingerprint density at radius 2 is 1.88 bits per heavy atom. The molecule has 3 atom stereocenters. The largest absolute Gasteiger partial charge is 0.468 e. The van der Waals surface area contributed by atoms with Crippen LogP contribution >= 0.6 is 0 Å². The van der Waals surface area contributed by atoms with Crippen LogP contribution in [0, 0.1) is 0 Å². The Morgan fingerprint density at radius 1 is 1.18 bits per heavy atom. The fraction of sp³-hybridized carbons (Fsp3) is 0.923. The molecule has 1 aliphatic heterocycles. The van der Waals surface area contributed by atoms with E-state index in [0.29, 0.717) is 0 Å². The maximum Gasteiger partial charge on any atom is 0.323 e. The number of methoxy groups -OCH3 is 1. The van der Waals surface area contributed by atoms with Crippen LogP contribution in [0.25, 0.3) is 0 Å². The maximum absolute atomic E-state index is 11.8. The molecule has 2 fully saturated rings. The van der Waals surface area contributed by atoms with Gasteiger partial charge >= 0.3 is 5.97 Å². The summed E-state index contributed by atoms with van der Waals surface area (Å²) in [6.45, 7) is 0.918. The van der Waals surface area contributed by atoms with Gasteiger partial charge in [0.25, 0.3) is 0 Å². The van der Waals surface area contributed by atoms with Crippen LogP contribution in [-0.2, 0) is 9.53 Å². The molecular weight excluding hydrogens is 218 g/mol. The van der Waals surface area contributed by atoms with Crippen molar-refractivity contribution in [3.8, 4) is 0 Å². The molecule has 1 aliphatic carbocycles. The number of likely N-dealkylation sites (tertiary alicyclic amines) is 1. The monoisotopic (exact) mass is 241 g/mol. The summed E-state index contributed by atoms with van der Waals surface area (Å²) >= 11 is 0. The minimum absolute atomic E-state index is 0.133. The molecule has 1 saturated carbocycles. The van der Waals surface area contributed by atoms with E-state index in [0.717, 1.165) is 51.5 Å². The van der Waals surface area contributed by atoms with E-state index in [9.17, 15) is 9.90 Å². The smallest absolute Gasteiger partial charge is 0.323 e. The minimum atomic E-state index is -0.269. The quantitative estimate of drug-likeness (QED) is 0.741. The number of hydrogen-bond donors (Lipinski definition) is 1. The fourth-order valence-corrected chi connectivity index (χ4v) is 3.22. The Morgan fingerprint density at radius 3 is 2.59 bits per heavy atom. The number of rotatable bonds is 2. The molecule has 17 heavy (non-hydrogen) atoms. The van der Waals surface area contributed by atoms with Crippen molar-refractivity contribution in [3.05, 3.63) is 0 Å². The average molecular weight is 241 g/mol. The van der Waals surface area contributed by atoms with Gasteiger partial charge in [0.1, 0.15) is 6.04 Å². The highest BCUT2D eigenvalue weighted by Gasteiger charge is 2.37. The van der Waals surface area contributed by atoms with E-state index in [4.69, 9.17) is 4.74 Å². The van der Waals surface area contributed by atoms with E-state index < -0.39 is 0 Å². The second-order valence-electron chi connectivity index (χ2n) is 5.19. The second-order valence-corrected chi connectivity index (χ2v) is 5.19. The Labute approximate surface area is 103 Å². The van der Waals surface area contributed by atoms with Gasteiger partial charge in [-0.2, -0.15) is 0 Å². The minimum Gasteiger partial charge on any atom is -0.468 e. The van der Waals surface area contributed by atoms with Crippen molar-refractivity contribution in [2.75, 3.05) is 13.7 Å². The van der Waals surface area contributed by atoms with Crippen LogP contribution in [0.4, 0.5) is 0 Å². The van der Waals surface area contributed by atoms with Crippen LogP contribution < -0.4 is 0 Å². The predicted molar refractivity (Wildman–Crippen MR) is 64.6 cm³/mol. The first-order valence-electron chi connectivity index (χ1n) is 6.75. The zero-order valence-electron chi connectivity index (χ0n) is 10.6. The number of aliphatic hydroxyl groups excluding tert-OH is 1. The molecule has 0 radical (unpaired) electrons. The lowest BCUT2D eigenvalue weighted by atomic mass is 9.88. The summed E-state index contributed by atoms with van der Waals surface area (Å²) in [5.74, 6) is -0.137. The summed E-state index contributed by atoms with van der Waals surface area (Å²) in [4.78, 5) is 14.0. The summed E-state index contributed by atoms with van der Waals surface area (Å²) in [5.41, 5.74) is 0. The van der Waals surface area contributed by atoms with E-state index in [1.807, 2.05) is 0 Å². The van der Waals surface area contributed by atoms with Gasteiger partial charge in [-0.25, -0.2) is 0 Å². The molecule has 1 saturated heterocycles. The number of carbonyl (C=O) groups excluding carboxylic acids is 1. The number of piperidine rings is 1.